The monoisotopic (exact) mass is 405 g/mol. The van der Waals surface area contributed by atoms with Crippen molar-refractivity contribution in [1.29, 1.82) is 0 Å². The number of aromatic nitrogens is 3. The molecule has 0 fully saturated rings. The van der Waals surface area contributed by atoms with Crippen molar-refractivity contribution in [3.8, 4) is 11.4 Å². The smallest absolute Gasteiger partial charge is 0.191 e. The summed E-state index contributed by atoms with van der Waals surface area (Å²) >= 11 is 4.77. The average molecular weight is 406 g/mol. The Labute approximate surface area is 152 Å². The highest BCUT2D eigenvalue weighted by Gasteiger charge is 2.17. The Balaban J connectivity index is 1.76. The molecule has 7 heteroatoms. The van der Waals surface area contributed by atoms with Crippen LogP contribution in [0.25, 0.3) is 11.4 Å². The summed E-state index contributed by atoms with van der Waals surface area (Å²) in [5, 5.41) is 9.24. The van der Waals surface area contributed by atoms with E-state index in [1.165, 1.54) is 11.8 Å². The molecule has 0 aliphatic carbocycles. The van der Waals surface area contributed by atoms with Crippen LogP contribution in [0.5, 0.6) is 0 Å². The van der Waals surface area contributed by atoms with Crippen molar-refractivity contribution < 1.29 is 9.21 Å². The van der Waals surface area contributed by atoms with Gasteiger partial charge in [-0.2, -0.15) is 0 Å². The van der Waals surface area contributed by atoms with Crippen LogP contribution in [0.3, 0.4) is 0 Å². The highest BCUT2D eigenvalue weighted by Crippen LogP contribution is 2.27. The van der Waals surface area contributed by atoms with E-state index in [0.29, 0.717) is 11.3 Å². The number of benzene rings is 1. The number of nitrogens with zero attached hydrogens (tertiary/aromatic N) is 3. The molecule has 124 valence electrons. The fraction of sp³-hybridized carbons (Fsp3) is 0.235. The highest BCUT2D eigenvalue weighted by atomic mass is 79.9. The molecule has 0 aliphatic rings. The maximum Gasteiger partial charge on any atom is 0.191 e. The average Bonchev–Trinajstić information content (AvgIpc) is 3.18. The zero-order valence-electron chi connectivity index (χ0n) is 13.3. The zero-order valence-corrected chi connectivity index (χ0v) is 15.7. The van der Waals surface area contributed by atoms with Crippen LogP contribution in [0.1, 0.15) is 23.0 Å². The van der Waals surface area contributed by atoms with Gasteiger partial charge in [0, 0.05) is 16.6 Å². The van der Waals surface area contributed by atoms with E-state index in [-0.39, 0.29) is 5.78 Å². The van der Waals surface area contributed by atoms with Crippen LogP contribution >= 0.6 is 27.7 Å². The van der Waals surface area contributed by atoms with Gasteiger partial charge in [0.05, 0.1) is 17.6 Å². The molecule has 0 spiro atoms. The summed E-state index contributed by atoms with van der Waals surface area (Å²) in [5.41, 5.74) is 1.62. The molecule has 0 radical (unpaired) electrons. The number of aryl methyl sites for hydroxylation is 1. The van der Waals surface area contributed by atoms with Crippen molar-refractivity contribution in [2.45, 2.75) is 25.5 Å². The third-order valence-electron chi connectivity index (χ3n) is 3.63. The number of rotatable bonds is 6. The van der Waals surface area contributed by atoms with Crippen LogP contribution in [0.15, 0.2) is 50.6 Å². The quantitative estimate of drug-likeness (QED) is 0.442. The molecule has 0 amide bonds. The van der Waals surface area contributed by atoms with E-state index >= 15 is 0 Å². The van der Waals surface area contributed by atoms with Crippen molar-refractivity contribution in [3.05, 3.63) is 52.4 Å². The molecule has 0 bridgehead atoms. The molecule has 0 unspecified atom stereocenters. The van der Waals surface area contributed by atoms with E-state index in [4.69, 9.17) is 4.42 Å². The predicted molar refractivity (Wildman–Crippen MR) is 97.3 cm³/mol. The Kier molecular flexibility index (Phi) is 5.20. The van der Waals surface area contributed by atoms with Crippen LogP contribution in [-0.2, 0) is 6.54 Å². The minimum Gasteiger partial charge on any atom is -0.469 e. The third kappa shape index (κ3) is 3.47. The second-order valence-corrected chi connectivity index (χ2v) is 7.02. The Morgan fingerprint density at radius 3 is 2.62 bits per heavy atom. The molecule has 0 saturated heterocycles. The summed E-state index contributed by atoms with van der Waals surface area (Å²) in [5.74, 6) is 1.96. The Hall–Kier alpha value is -1.86. The number of furan rings is 1. The lowest BCUT2D eigenvalue weighted by atomic mass is 10.2. The molecule has 0 N–H and O–H groups in total. The molecular formula is C17H16BrN3O2S. The van der Waals surface area contributed by atoms with Gasteiger partial charge in [-0.1, -0.05) is 39.8 Å². The maximum atomic E-state index is 12.3. The van der Waals surface area contributed by atoms with Crippen LogP contribution in [-0.4, -0.2) is 26.3 Å². The molecule has 2 heterocycles. The fourth-order valence-electron chi connectivity index (χ4n) is 2.35. The van der Waals surface area contributed by atoms with Gasteiger partial charge in [0.15, 0.2) is 16.8 Å². The van der Waals surface area contributed by atoms with Gasteiger partial charge in [-0.25, -0.2) is 0 Å². The Morgan fingerprint density at radius 1 is 1.25 bits per heavy atom. The Bertz CT molecular complexity index is 855. The second-order valence-electron chi connectivity index (χ2n) is 5.16. The summed E-state index contributed by atoms with van der Waals surface area (Å²) in [4.78, 5) is 12.3. The molecule has 0 saturated carbocycles. The minimum absolute atomic E-state index is 0.0687. The van der Waals surface area contributed by atoms with Crippen LogP contribution in [0.4, 0.5) is 0 Å². The molecule has 0 aliphatic heterocycles. The summed E-state index contributed by atoms with van der Waals surface area (Å²) in [6, 6.07) is 9.25. The lowest BCUT2D eigenvalue weighted by Crippen LogP contribution is -2.05. The molecule has 2 aromatic heterocycles. The van der Waals surface area contributed by atoms with Gasteiger partial charge in [0.1, 0.15) is 5.76 Å². The van der Waals surface area contributed by atoms with E-state index in [1.54, 1.807) is 6.26 Å². The number of halogens is 1. The van der Waals surface area contributed by atoms with E-state index in [1.807, 2.05) is 48.7 Å². The van der Waals surface area contributed by atoms with Crippen LogP contribution in [0.2, 0.25) is 0 Å². The number of hydrogen-bond acceptors (Lipinski definition) is 5. The normalized spacial score (nSPS) is 11.0. The van der Waals surface area contributed by atoms with Crippen LogP contribution in [0, 0.1) is 6.92 Å². The molecule has 3 aromatic rings. The van der Waals surface area contributed by atoms with Crippen LogP contribution < -0.4 is 0 Å². The van der Waals surface area contributed by atoms with E-state index in [9.17, 15) is 4.79 Å². The Morgan fingerprint density at radius 2 is 2.00 bits per heavy atom. The van der Waals surface area contributed by atoms with Gasteiger partial charge in [-0.3, -0.25) is 4.79 Å². The van der Waals surface area contributed by atoms with Gasteiger partial charge < -0.3 is 8.98 Å². The lowest BCUT2D eigenvalue weighted by Gasteiger charge is -2.06. The number of hydrogen-bond donors (Lipinski definition) is 0. The van der Waals surface area contributed by atoms with Gasteiger partial charge >= 0.3 is 0 Å². The first-order chi connectivity index (χ1) is 11.6. The van der Waals surface area contributed by atoms with Gasteiger partial charge in [0.25, 0.3) is 0 Å². The summed E-state index contributed by atoms with van der Waals surface area (Å²) in [7, 11) is 0. The van der Waals surface area contributed by atoms with Gasteiger partial charge in [0.2, 0.25) is 0 Å². The largest absolute Gasteiger partial charge is 0.469 e. The number of Topliss-reactive ketones (excluding diaryl/α,β-unsaturated/α-hetero) is 1. The van der Waals surface area contributed by atoms with E-state index in [0.717, 1.165) is 33.3 Å². The van der Waals surface area contributed by atoms with E-state index in [2.05, 4.69) is 26.1 Å². The topological polar surface area (TPSA) is 60.9 Å². The number of thioether (sulfide) groups is 1. The van der Waals surface area contributed by atoms with Crippen molar-refractivity contribution in [3.63, 3.8) is 0 Å². The first-order valence-electron chi connectivity index (χ1n) is 7.49. The molecule has 3 rings (SSSR count). The SMILES string of the molecule is CCn1c(SCC(=O)c2ccc(Br)cc2)nnc1-c1ccoc1C. The van der Waals surface area contributed by atoms with E-state index < -0.39 is 0 Å². The summed E-state index contributed by atoms with van der Waals surface area (Å²) in [6.45, 7) is 4.65. The van der Waals surface area contributed by atoms with Crippen molar-refractivity contribution in [2.75, 3.05) is 5.75 Å². The highest BCUT2D eigenvalue weighted by molar-refractivity contribution is 9.10. The van der Waals surface area contributed by atoms with Crippen molar-refractivity contribution >= 4 is 33.5 Å². The third-order valence-corrected chi connectivity index (χ3v) is 5.13. The summed E-state index contributed by atoms with van der Waals surface area (Å²) in [6.07, 6.45) is 1.64. The minimum atomic E-state index is 0.0687. The van der Waals surface area contributed by atoms with Crippen molar-refractivity contribution in [2.24, 2.45) is 0 Å². The fourth-order valence-corrected chi connectivity index (χ4v) is 3.51. The number of carbonyl (C=O) groups excluding carboxylic acids is 1. The van der Waals surface area contributed by atoms with Gasteiger partial charge in [-0.15, -0.1) is 10.2 Å². The molecule has 5 nitrogen and oxygen atoms in total. The van der Waals surface area contributed by atoms with Gasteiger partial charge in [-0.05, 0) is 32.0 Å². The standard InChI is InChI=1S/C17H16BrN3O2S/c1-3-21-16(14-8-9-23-11(14)2)19-20-17(21)24-10-15(22)12-4-6-13(18)7-5-12/h4-9H,3,10H2,1-2H3. The lowest BCUT2D eigenvalue weighted by molar-refractivity contribution is 0.102. The number of carbonyl (C=O) groups is 1. The maximum absolute atomic E-state index is 12.3. The zero-order chi connectivity index (χ0) is 17.1. The summed E-state index contributed by atoms with van der Waals surface area (Å²) < 4.78 is 8.30. The first kappa shape index (κ1) is 17.0. The molecule has 1 aromatic carbocycles. The predicted octanol–water partition coefficient (Wildman–Crippen LogP) is 4.60. The molecule has 24 heavy (non-hydrogen) atoms. The molecular weight excluding hydrogens is 390 g/mol. The second kappa shape index (κ2) is 7.36. The number of ketones is 1. The first-order valence-corrected chi connectivity index (χ1v) is 9.27. The molecule has 0 atom stereocenters. The van der Waals surface area contributed by atoms with Crippen molar-refractivity contribution in [1.82, 2.24) is 14.8 Å².